The third-order valence-corrected chi connectivity index (χ3v) is 4.25. The van der Waals surface area contributed by atoms with Crippen LogP contribution in [0.1, 0.15) is 11.1 Å². The lowest BCUT2D eigenvalue weighted by molar-refractivity contribution is -0.139. The average Bonchev–Trinajstić information content (AvgIpc) is 3.14. The molecular weight excluding hydrogens is 346 g/mol. The molecule has 27 heavy (non-hydrogen) atoms. The van der Waals surface area contributed by atoms with Gasteiger partial charge in [-0.15, -0.1) is 0 Å². The number of fused-ring (bicyclic) bond motifs is 1. The molecule has 142 valence electrons. The van der Waals surface area contributed by atoms with E-state index in [1.54, 1.807) is 12.1 Å². The van der Waals surface area contributed by atoms with Gasteiger partial charge in [0, 0.05) is 32.9 Å². The van der Waals surface area contributed by atoms with Crippen LogP contribution in [0.5, 0.6) is 11.5 Å². The molecule has 0 aromatic heterocycles. The molecule has 0 saturated carbocycles. The zero-order valence-electron chi connectivity index (χ0n) is 15.5. The summed E-state index contributed by atoms with van der Waals surface area (Å²) in [4.78, 5) is 25.9. The molecule has 1 heterocycles. The highest BCUT2D eigenvalue weighted by Crippen LogP contribution is 2.32. The van der Waals surface area contributed by atoms with E-state index >= 15 is 0 Å². The first kappa shape index (κ1) is 18.6. The van der Waals surface area contributed by atoms with Crippen LogP contribution in [0.4, 0.5) is 5.69 Å². The smallest absolute Gasteiger partial charge is 0.309 e. The second-order valence-electron chi connectivity index (χ2n) is 6.44. The maximum Gasteiger partial charge on any atom is 0.309 e. The van der Waals surface area contributed by atoms with Gasteiger partial charge in [0.15, 0.2) is 11.5 Å². The largest absolute Gasteiger partial charge is 0.454 e. The van der Waals surface area contributed by atoms with E-state index in [1.165, 1.54) is 0 Å². The minimum Gasteiger partial charge on any atom is -0.454 e. The Bertz CT molecular complexity index is 818. The number of amides is 2. The third-order valence-electron chi connectivity index (χ3n) is 4.25. The zero-order chi connectivity index (χ0) is 19.2. The van der Waals surface area contributed by atoms with Gasteiger partial charge in [-0.1, -0.05) is 18.2 Å². The molecule has 0 bridgehead atoms. The van der Waals surface area contributed by atoms with E-state index in [4.69, 9.17) is 9.47 Å². The normalized spacial score (nSPS) is 11.8. The number of nitrogens with one attached hydrogen (secondary N) is 2. The van der Waals surface area contributed by atoms with Gasteiger partial charge in [0.25, 0.3) is 0 Å². The van der Waals surface area contributed by atoms with Crippen LogP contribution in [0.25, 0.3) is 0 Å². The molecule has 1 aliphatic heterocycles. The highest BCUT2D eigenvalue weighted by molar-refractivity contribution is 6.35. The minimum absolute atomic E-state index is 0.200. The monoisotopic (exact) mass is 369 g/mol. The van der Waals surface area contributed by atoms with Crippen LogP contribution in [0.2, 0.25) is 0 Å². The van der Waals surface area contributed by atoms with Crippen molar-refractivity contribution >= 4 is 17.5 Å². The standard InChI is InChI=1S/C20H23N3O4/c1-23(2)16-6-3-14(4-7-16)9-10-21-19(24)20(25)22-12-15-5-8-17-18(11-15)27-13-26-17/h3-8,11H,9-10,12-13H2,1-2H3,(H,21,24)(H,22,25). The van der Waals surface area contributed by atoms with E-state index in [2.05, 4.69) is 10.6 Å². The Morgan fingerprint density at radius 1 is 0.926 bits per heavy atom. The van der Waals surface area contributed by atoms with Gasteiger partial charge in [-0.2, -0.15) is 0 Å². The van der Waals surface area contributed by atoms with E-state index in [1.807, 2.05) is 49.3 Å². The number of hydrogen-bond acceptors (Lipinski definition) is 5. The summed E-state index contributed by atoms with van der Waals surface area (Å²) < 4.78 is 10.5. The Morgan fingerprint density at radius 3 is 2.33 bits per heavy atom. The van der Waals surface area contributed by atoms with Gasteiger partial charge < -0.3 is 25.0 Å². The van der Waals surface area contributed by atoms with E-state index in [0.29, 0.717) is 24.5 Å². The van der Waals surface area contributed by atoms with Crippen molar-refractivity contribution < 1.29 is 19.1 Å². The molecule has 0 radical (unpaired) electrons. The molecule has 2 N–H and O–H groups in total. The Hall–Kier alpha value is -3.22. The number of carbonyl (C=O) groups is 2. The zero-order valence-corrected chi connectivity index (χ0v) is 15.5. The summed E-state index contributed by atoms with van der Waals surface area (Å²) in [6.45, 7) is 0.845. The van der Waals surface area contributed by atoms with Crippen LogP contribution >= 0.6 is 0 Å². The minimum atomic E-state index is -0.657. The third kappa shape index (κ3) is 4.91. The first-order valence-electron chi connectivity index (χ1n) is 8.74. The first-order valence-corrected chi connectivity index (χ1v) is 8.74. The van der Waals surface area contributed by atoms with Crippen molar-refractivity contribution in [3.05, 3.63) is 53.6 Å². The lowest BCUT2D eigenvalue weighted by atomic mass is 10.1. The summed E-state index contributed by atoms with van der Waals surface area (Å²) in [5.41, 5.74) is 3.05. The van der Waals surface area contributed by atoms with Crippen LogP contribution in [0, 0.1) is 0 Å². The molecule has 7 heteroatoms. The summed E-state index contributed by atoms with van der Waals surface area (Å²) in [7, 11) is 3.97. The molecule has 0 saturated heterocycles. The lowest BCUT2D eigenvalue weighted by Crippen LogP contribution is -2.40. The van der Waals surface area contributed by atoms with E-state index in [0.717, 1.165) is 16.8 Å². The first-order chi connectivity index (χ1) is 13.0. The maximum atomic E-state index is 11.9. The van der Waals surface area contributed by atoms with Crippen molar-refractivity contribution in [2.75, 3.05) is 32.3 Å². The van der Waals surface area contributed by atoms with Crippen molar-refractivity contribution in [2.24, 2.45) is 0 Å². The van der Waals surface area contributed by atoms with Crippen molar-refractivity contribution in [1.82, 2.24) is 10.6 Å². The Labute approximate surface area is 158 Å². The van der Waals surface area contributed by atoms with Gasteiger partial charge in [-0.05, 0) is 41.8 Å². The summed E-state index contributed by atoms with van der Waals surface area (Å²) >= 11 is 0. The summed E-state index contributed by atoms with van der Waals surface area (Å²) in [6, 6.07) is 13.5. The Morgan fingerprint density at radius 2 is 1.59 bits per heavy atom. The Balaban J connectivity index is 1.40. The maximum absolute atomic E-state index is 11.9. The van der Waals surface area contributed by atoms with Crippen LogP contribution in [-0.2, 0) is 22.6 Å². The van der Waals surface area contributed by atoms with Gasteiger partial charge in [0.1, 0.15) is 0 Å². The molecule has 0 spiro atoms. The van der Waals surface area contributed by atoms with Crippen LogP contribution in [0.15, 0.2) is 42.5 Å². The number of hydrogen-bond donors (Lipinski definition) is 2. The molecule has 1 aliphatic rings. The molecule has 0 fully saturated rings. The topological polar surface area (TPSA) is 79.9 Å². The highest BCUT2D eigenvalue weighted by atomic mass is 16.7. The van der Waals surface area contributed by atoms with Gasteiger partial charge in [-0.3, -0.25) is 9.59 Å². The average molecular weight is 369 g/mol. The number of benzene rings is 2. The molecule has 2 aromatic rings. The molecule has 3 rings (SSSR count). The van der Waals surface area contributed by atoms with Gasteiger partial charge in [0.2, 0.25) is 6.79 Å². The van der Waals surface area contributed by atoms with Gasteiger partial charge >= 0.3 is 11.8 Å². The number of nitrogens with zero attached hydrogens (tertiary/aromatic N) is 1. The Kier molecular flexibility index (Phi) is 5.80. The second-order valence-corrected chi connectivity index (χ2v) is 6.44. The van der Waals surface area contributed by atoms with E-state index < -0.39 is 11.8 Å². The van der Waals surface area contributed by atoms with E-state index in [9.17, 15) is 9.59 Å². The molecule has 0 unspecified atom stereocenters. The fourth-order valence-electron chi connectivity index (χ4n) is 2.67. The predicted molar refractivity (Wildman–Crippen MR) is 102 cm³/mol. The second kappa shape index (κ2) is 8.44. The summed E-state index contributed by atoms with van der Waals surface area (Å²) in [6.07, 6.45) is 0.662. The van der Waals surface area contributed by atoms with Gasteiger partial charge in [-0.25, -0.2) is 0 Å². The van der Waals surface area contributed by atoms with E-state index in [-0.39, 0.29) is 13.3 Å². The summed E-state index contributed by atoms with van der Waals surface area (Å²) in [5, 5.41) is 5.25. The van der Waals surface area contributed by atoms with Crippen molar-refractivity contribution in [2.45, 2.75) is 13.0 Å². The van der Waals surface area contributed by atoms with Crippen LogP contribution < -0.4 is 25.0 Å². The highest BCUT2D eigenvalue weighted by Gasteiger charge is 2.15. The molecule has 2 aromatic carbocycles. The van der Waals surface area contributed by atoms with Crippen molar-refractivity contribution in [1.29, 1.82) is 0 Å². The number of rotatable bonds is 6. The number of ether oxygens (including phenoxy) is 2. The predicted octanol–water partition coefficient (Wildman–Crippen LogP) is 1.46. The molecular formula is C20H23N3O4. The fraction of sp³-hybridized carbons (Fsp3) is 0.300. The van der Waals surface area contributed by atoms with Crippen LogP contribution in [0.3, 0.4) is 0 Å². The van der Waals surface area contributed by atoms with Crippen LogP contribution in [-0.4, -0.2) is 39.2 Å². The summed E-state index contributed by atoms with van der Waals surface area (Å²) in [5.74, 6) is 0.0317. The molecule has 0 atom stereocenters. The fourth-order valence-corrected chi connectivity index (χ4v) is 2.67. The number of anilines is 1. The van der Waals surface area contributed by atoms with Gasteiger partial charge in [0.05, 0.1) is 0 Å². The number of carbonyl (C=O) groups excluding carboxylic acids is 2. The van der Waals surface area contributed by atoms with Crippen molar-refractivity contribution in [3.63, 3.8) is 0 Å². The lowest BCUT2D eigenvalue weighted by Gasteiger charge is -2.12. The molecule has 7 nitrogen and oxygen atoms in total. The van der Waals surface area contributed by atoms with Crippen molar-refractivity contribution in [3.8, 4) is 11.5 Å². The molecule has 2 amide bonds. The molecule has 0 aliphatic carbocycles. The quantitative estimate of drug-likeness (QED) is 0.754. The SMILES string of the molecule is CN(C)c1ccc(CCNC(=O)C(=O)NCc2ccc3c(c2)OCO3)cc1.